The lowest BCUT2D eigenvalue weighted by Gasteiger charge is -2.41. The minimum atomic E-state index is -0.595. The van der Waals surface area contributed by atoms with Gasteiger partial charge in [0.25, 0.3) is 5.69 Å². The Morgan fingerprint density at radius 1 is 1.58 bits per heavy atom. The van der Waals surface area contributed by atoms with E-state index in [9.17, 15) is 14.5 Å². The molecule has 0 amide bonds. The first kappa shape index (κ1) is 13.7. The maximum Gasteiger partial charge on any atom is 0.272 e. The third-order valence-electron chi connectivity index (χ3n) is 3.57. The van der Waals surface area contributed by atoms with Crippen LogP contribution in [0.1, 0.15) is 20.3 Å². The number of benzene rings is 1. The lowest BCUT2D eigenvalue weighted by atomic mass is 10.0. The summed E-state index contributed by atoms with van der Waals surface area (Å²) in [7, 11) is 0. The molecule has 2 rings (SSSR count). The highest BCUT2D eigenvalue weighted by Gasteiger charge is 2.31. The second-order valence-electron chi connectivity index (χ2n) is 4.97. The first-order valence-corrected chi connectivity index (χ1v) is 6.28. The number of non-ortho nitro benzene ring substituents is 1. The molecule has 0 aromatic heterocycles. The van der Waals surface area contributed by atoms with Crippen molar-refractivity contribution < 1.29 is 14.1 Å². The van der Waals surface area contributed by atoms with E-state index in [-0.39, 0.29) is 11.3 Å². The lowest BCUT2D eigenvalue weighted by molar-refractivity contribution is -0.385. The number of hydrogen-bond donors (Lipinski definition) is 0. The molecule has 0 bridgehead atoms. The molecule has 0 N–H and O–H groups in total. The number of anilines is 1. The fraction of sp³-hybridized carbons (Fsp3) is 0.538. The molecule has 5 nitrogen and oxygen atoms in total. The predicted octanol–water partition coefficient (Wildman–Crippen LogP) is 2.74. The quantitative estimate of drug-likeness (QED) is 0.624. The zero-order valence-electron chi connectivity index (χ0n) is 11.1. The van der Waals surface area contributed by atoms with Crippen LogP contribution in [0.3, 0.4) is 0 Å². The van der Waals surface area contributed by atoms with Gasteiger partial charge in [-0.3, -0.25) is 10.1 Å². The highest BCUT2D eigenvalue weighted by Crippen LogP contribution is 2.29. The van der Waals surface area contributed by atoms with E-state index in [2.05, 4.69) is 0 Å². The van der Waals surface area contributed by atoms with Crippen molar-refractivity contribution in [1.82, 2.24) is 0 Å². The zero-order valence-corrected chi connectivity index (χ0v) is 11.1. The molecule has 6 heteroatoms. The average Bonchev–Trinajstić information content (AvgIpc) is 2.38. The molecule has 1 aromatic rings. The van der Waals surface area contributed by atoms with Crippen molar-refractivity contribution in [2.75, 3.05) is 24.6 Å². The van der Waals surface area contributed by atoms with Gasteiger partial charge in [-0.15, -0.1) is 0 Å². The monoisotopic (exact) mass is 268 g/mol. The van der Waals surface area contributed by atoms with Crippen LogP contribution in [-0.2, 0) is 4.74 Å². The van der Waals surface area contributed by atoms with Crippen LogP contribution in [0.25, 0.3) is 0 Å². The Labute approximate surface area is 111 Å². The van der Waals surface area contributed by atoms with Crippen molar-refractivity contribution in [1.29, 1.82) is 0 Å². The van der Waals surface area contributed by atoms with Crippen LogP contribution in [0.4, 0.5) is 15.8 Å². The highest BCUT2D eigenvalue weighted by atomic mass is 19.1. The second kappa shape index (κ2) is 5.13. The Balaban J connectivity index is 2.24. The highest BCUT2D eigenvalue weighted by molar-refractivity contribution is 5.53. The van der Waals surface area contributed by atoms with Gasteiger partial charge < -0.3 is 9.64 Å². The van der Waals surface area contributed by atoms with Gasteiger partial charge in [-0.25, -0.2) is 4.39 Å². The van der Waals surface area contributed by atoms with E-state index in [1.54, 1.807) is 0 Å². The van der Waals surface area contributed by atoms with E-state index in [0.717, 1.165) is 12.5 Å². The summed E-state index contributed by atoms with van der Waals surface area (Å²) in [5.74, 6) is -0.561. The fourth-order valence-electron chi connectivity index (χ4n) is 2.22. The molecule has 19 heavy (non-hydrogen) atoms. The summed E-state index contributed by atoms with van der Waals surface area (Å²) in [5.41, 5.74) is -0.131. The molecule has 1 aromatic carbocycles. The molecule has 104 valence electrons. The van der Waals surface area contributed by atoms with E-state index in [1.165, 1.54) is 12.1 Å². The van der Waals surface area contributed by atoms with Gasteiger partial charge in [0.05, 0.1) is 28.9 Å². The smallest absolute Gasteiger partial charge is 0.272 e. The number of rotatable bonds is 3. The van der Waals surface area contributed by atoms with Crippen LogP contribution in [0, 0.1) is 15.9 Å². The topological polar surface area (TPSA) is 55.6 Å². The number of nitro groups is 1. The molecule has 1 aliphatic rings. The van der Waals surface area contributed by atoms with Crippen molar-refractivity contribution >= 4 is 11.4 Å². The molecular formula is C13H17FN2O3. The molecule has 0 spiro atoms. The van der Waals surface area contributed by atoms with E-state index in [4.69, 9.17) is 4.74 Å². The Kier molecular flexibility index (Phi) is 3.71. The van der Waals surface area contributed by atoms with Gasteiger partial charge in [-0.2, -0.15) is 0 Å². The van der Waals surface area contributed by atoms with Gasteiger partial charge in [-0.1, -0.05) is 6.92 Å². The van der Waals surface area contributed by atoms with Gasteiger partial charge in [-0.05, 0) is 19.4 Å². The molecule has 0 radical (unpaired) electrons. The molecule has 1 fully saturated rings. The summed E-state index contributed by atoms with van der Waals surface area (Å²) in [6.45, 7) is 5.71. The van der Waals surface area contributed by atoms with Crippen molar-refractivity contribution in [3.63, 3.8) is 0 Å². The van der Waals surface area contributed by atoms with Crippen molar-refractivity contribution in [3.05, 3.63) is 34.1 Å². The molecule has 1 atom stereocenters. The SMILES string of the molecule is CCC1(C)CN(c2ccc([N+](=O)[O-])cc2F)CCO1. The third-order valence-corrected chi connectivity index (χ3v) is 3.57. The fourth-order valence-corrected chi connectivity index (χ4v) is 2.22. The summed E-state index contributed by atoms with van der Waals surface area (Å²) < 4.78 is 19.7. The number of morpholine rings is 1. The average molecular weight is 268 g/mol. The van der Waals surface area contributed by atoms with Gasteiger partial charge in [0.2, 0.25) is 0 Å². The number of nitro benzene ring substituents is 1. The van der Waals surface area contributed by atoms with Crippen LogP contribution in [-0.4, -0.2) is 30.2 Å². The molecule has 1 aliphatic heterocycles. The predicted molar refractivity (Wildman–Crippen MR) is 69.9 cm³/mol. The lowest BCUT2D eigenvalue weighted by Crippen LogP contribution is -2.50. The molecule has 1 heterocycles. The van der Waals surface area contributed by atoms with Gasteiger partial charge in [0.15, 0.2) is 5.82 Å². The summed E-state index contributed by atoms with van der Waals surface area (Å²) >= 11 is 0. The maximum atomic E-state index is 14.0. The van der Waals surface area contributed by atoms with Gasteiger partial charge in [0, 0.05) is 19.2 Å². The first-order valence-electron chi connectivity index (χ1n) is 6.28. The van der Waals surface area contributed by atoms with Crippen LogP contribution in [0.5, 0.6) is 0 Å². The van der Waals surface area contributed by atoms with Crippen molar-refractivity contribution in [3.8, 4) is 0 Å². The standard InChI is InChI=1S/C13H17FN2O3/c1-3-13(2)9-15(6-7-19-13)12-5-4-10(16(17)18)8-11(12)14/h4-5,8H,3,6-7,9H2,1-2H3. The van der Waals surface area contributed by atoms with E-state index < -0.39 is 10.7 Å². The van der Waals surface area contributed by atoms with Gasteiger partial charge >= 0.3 is 0 Å². The number of ether oxygens (including phenoxy) is 1. The molecule has 0 aliphatic carbocycles. The largest absolute Gasteiger partial charge is 0.372 e. The van der Waals surface area contributed by atoms with E-state index in [0.29, 0.717) is 25.4 Å². The normalized spacial score (nSPS) is 23.4. The Bertz CT molecular complexity index is 495. The van der Waals surface area contributed by atoms with Crippen LogP contribution in [0.15, 0.2) is 18.2 Å². The summed E-state index contributed by atoms with van der Waals surface area (Å²) in [5, 5.41) is 10.6. The Morgan fingerprint density at radius 3 is 2.89 bits per heavy atom. The zero-order chi connectivity index (χ0) is 14.0. The number of hydrogen-bond acceptors (Lipinski definition) is 4. The summed E-state index contributed by atoms with van der Waals surface area (Å²) in [4.78, 5) is 11.9. The second-order valence-corrected chi connectivity index (χ2v) is 4.97. The van der Waals surface area contributed by atoms with E-state index >= 15 is 0 Å². The third kappa shape index (κ3) is 2.84. The summed E-state index contributed by atoms with van der Waals surface area (Å²) in [6.07, 6.45) is 0.831. The van der Waals surface area contributed by atoms with Crippen molar-refractivity contribution in [2.24, 2.45) is 0 Å². The van der Waals surface area contributed by atoms with Crippen LogP contribution >= 0.6 is 0 Å². The Morgan fingerprint density at radius 2 is 2.32 bits per heavy atom. The Hall–Kier alpha value is -1.69. The molecule has 0 saturated carbocycles. The van der Waals surface area contributed by atoms with Crippen molar-refractivity contribution in [2.45, 2.75) is 25.9 Å². The molecule has 1 saturated heterocycles. The minimum absolute atomic E-state index is 0.229. The number of halogens is 1. The maximum absolute atomic E-state index is 14.0. The van der Waals surface area contributed by atoms with E-state index in [1.807, 2.05) is 18.7 Å². The van der Waals surface area contributed by atoms with Crippen LogP contribution < -0.4 is 4.90 Å². The minimum Gasteiger partial charge on any atom is -0.372 e. The van der Waals surface area contributed by atoms with Gasteiger partial charge in [0.1, 0.15) is 0 Å². The molecular weight excluding hydrogens is 251 g/mol. The molecule has 1 unspecified atom stereocenters. The first-order chi connectivity index (χ1) is 8.95. The summed E-state index contributed by atoms with van der Waals surface area (Å²) in [6, 6.07) is 3.76. The van der Waals surface area contributed by atoms with Crippen LogP contribution in [0.2, 0.25) is 0 Å². The number of nitrogens with zero attached hydrogens (tertiary/aromatic N) is 2.